The van der Waals surface area contributed by atoms with Crippen molar-refractivity contribution in [1.29, 1.82) is 0 Å². The van der Waals surface area contributed by atoms with Gasteiger partial charge in [0.2, 0.25) is 0 Å². The molecule has 51 heavy (non-hydrogen) atoms. The van der Waals surface area contributed by atoms with Crippen molar-refractivity contribution in [2.75, 3.05) is 31.1 Å². The van der Waals surface area contributed by atoms with E-state index >= 15 is 0 Å². The molecule has 3 unspecified atom stereocenters. The molecule has 3 aliphatic rings. The van der Waals surface area contributed by atoms with Crippen molar-refractivity contribution >= 4 is 33.3 Å². The van der Waals surface area contributed by atoms with E-state index in [1.165, 1.54) is 18.4 Å². The number of thiazole rings is 1. The number of ether oxygens (including phenoxy) is 2. The molecule has 10 heteroatoms. The molecule has 0 aliphatic carbocycles. The molecule has 5 heterocycles. The summed E-state index contributed by atoms with van der Waals surface area (Å²) in [7, 11) is 0. The number of rotatable bonds is 4. The SMILES string of the molecule is Cc1cc2nc3sc2c(c1[C@H](OC(C)(C)C)C(=O)O)-c1ccc2c(c1)C(CCCCC(C)CC1CN(C(C)C)CCN1c1cncc-3n1)CCO2. The van der Waals surface area contributed by atoms with Crippen molar-refractivity contribution in [2.45, 2.75) is 117 Å². The second-order valence-electron chi connectivity index (χ2n) is 16.2. The number of aromatic nitrogens is 3. The predicted octanol–water partition coefficient (Wildman–Crippen LogP) is 9.03. The van der Waals surface area contributed by atoms with Crippen LogP contribution < -0.4 is 9.64 Å². The van der Waals surface area contributed by atoms with Gasteiger partial charge in [0.1, 0.15) is 22.3 Å². The molecule has 2 aromatic heterocycles. The van der Waals surface area contributed by atoms with Crippen LogP contribution in [0.4, 0.5) is 5.82 Å². The Bertz CT molecular complexity index is 1900. The van der Waals surface area contributed by atoms with Crippen molar-refractivity contribution in [3.63, 3.8) is 0 Å². The highest BCUT2D eigenvalue weighted by Gasteiger charge is 2.34. The number of carboxylic acids is 1. The lowest BCUT2D eigenvalue weighted by Crippen LogP contribution is -2.55. The first kappa shape index (κ1) is 35.8. The molecule has 7 rings (SSSR count). The zero-order valence-electron chi connectivity index (χ0n) is 31.2. The summed E-state index contributed by atoms with van der Waals surface area (Å²) in [6, 6.07) is 9.27. The van der Waals surface area contributed by atoms with Crippen LogP contribution in [0, 0.1) is 12.8 Å². The Morgan fingerprint density at radius 1 is 1.08 bits per heavy atom. The number of benzene rings is 2. The fourth-order valence-electron chi connectivity index (χ4n) is 8.37. The third-order valence-corrected chi connectivity index (χ3v) is 12.0. The maximum atomic E-state index is 13.0. The van der Waals surface area contributed by atoms with Gasteiger partial charge in [0.05, 0.1) is 34.8 Å². The van der Waals surface area contributed by atoms with Crippen LogP contribution in [0.3, 0.4) is 0 Å². The summed E-state index contributed by atoms with van der Waals surface area (Å²) in [4.78, 5) is 33.2. The molecule has 1 fully saturated rings. The molecule has 3 aliphatic heterocycles. The lowest BCUT2D eigenvalue weighted by Gasteiger charge is -2.44. The summed E-state index contributed by atoms with van der Waals surface area (Å²) >= 11 is 1.55. The Morgan fingerprint density at radius 2 is 1.88 bits per heavy atom. The highest BCUT2D eigenvalue weighted by atomic mass is 32.1. The highest BCUT2D eigenvalue weighted by molar-refractivity contribution is 7.22. The van der Waals surface area contributed by atoms with Gasteiger partial charge in [-0.05, 0) is 108 Å². The fraction of sp³-hybridized carbons (Fsp3) is 0.561. The van der Waals surface area contributed by atoms with Crippen LogP contribution in [0.1, 0.15) is 109 Å². The Hall–Kier alpha value is -3.60. The number of aliphatic carboxylic acids is 1. The molecule has 0 amide bonds. The molecular weight excluding hydrogens is 659 g/mol. The Balaban J connectivity index is 1.42. The molecular formula is C41H53N5O4S. The Kier molecular flexibility index (Phi) is 10.1. The minimum Gasteiger partial charge on any atom is -0.493 e. The molecule has 2 aromatic carbocycles. The van der Waals surface area contributed by atoms with Gasteiger partial charge in [-0.2, -0.15) is 0 Å². The maximum Gasteiger partial charge on any atom is 0.337 e. The molecule has 1 saturated heterocycles. The fourth-order valence-corrected chi connectivity index (χ4v) is 9.45. The van der Waals surface area contributed by atoms with Crippen LogP contribution in [0.15, 0.2) is 36.7 Å². The highest BCUT2D eigenvalue weighted by Crippen LogP contribution is 2.47. The van der Waals surface area contributed by atoms with E-state index in [2.05, 4.69) is 48.8 Å². The molecule has 0 spiro atoms. The minimum absolute atomic E-state index is 0.352. The second-order valence-corrected chi connectivity index (χ2v) is 17.2. The predicted molar refractivity (Wildman–Crippen MR) is 205 cm³/mol. The Labute approximate surface area is 306 Å². The number of hydrogen-bond acceptors (Lipinski definition) is 9. The van der Waals surface area contributed by atoms with Gasteiger partial charge >= 0.3 is 5.97 Å². The topological polar surface area (TPSA) is 101 Å². The number of carbonyl (C=O) groups is 1. The summed E-state index contributed by atoms with van der Waals surface area (Å²) in [6.45, 7) is 18.3. The first-order valence-corrected chi connectivity index (χ1v) is 19.6. The van der Waals surface area contributed by atoms with Gasteiger partial charge in [0, 0.05) is 42.8 Å². The van der Waals surface area contributed by atoms with Crippen LogP contribution in [0.2, 0.25) is 0 Å². The molecule has 1 N–H and O–H groups in total. The zero-order chi connectivity index (χ0) is 36.0. The van der Waals surface area contributed by atoms with Crippen LogP contribution in [-0.4, -0.2) is 74.9 Å². The molecule has 4 atom stereocenters. The first-order valence-electron chi connectivity index (χ1n) is 18.8. The summed E-state index contributed by atoms with van der Waals surface area (Å²) in [5.41, 5.74) is 5.40. The molecule has 272 valence electrons. The van der Waals surface area contributed by atoms with Gasteiger partial charge < -0.3 is 19.5 Å². The first-order chi connectivity index (χ1) is 24.4. The lowest BCUT2D eigenvalue weighted by molar-refractivity contribution is -0.160. The van der Waals surface area contributed by atoms with E-state index in [-0.39, 0.29) is 0 Å². The van der Waals surface area contributed by atoms with E-state index in [0.29, 0.717) is 29.5 Å². The number of anilines is 1. The van der Waals surface area contributed by atoms with E-state index in [4.69, 9.17) is 24.4 Å². The summed E-state index contributed by atoms with van der Waals surface area (Å²) in [5, 5.41) is 11.4. The van der Waals surface area contributed by atoms with Crippen molar-refractivity contribution in [3.8, 4) is 27.6 Å². The van der Waals surface area contributed by atoms with Gasteiger partial charge in [0.15, 0.2) is 6.10 Å². The molecule has 0 radical (unpaired) electrons. The Morgan fingerprint density at radius 3 is 2.65 bits per heavy atom. The van der Waals surface area contributed by atoms with Crippen LogP contribution in [0.25, 0.3) is 32.0 Å². The monoisotopic (exact) mass is 711 g/mol. The standard InChI is InChI=1S/C41H53N5O4S/c1-24(2)45-15-16-46-29(23-45)18-25(3)10-8-9-11-27-14-17-49-33-13-12-28(20-30(27)33)36-35(37(40(47)48)50-41(5,6)7)26(4)19-31-38(36)51-39(44-31)32-21-42-22-34(46)43-32/h12-13,19-22,24-25,27,29,37H,8-11,14-18,23H2,1-7H3,(H,47,48)/t25?,27?,29?,37-/m0/s1. The van der Waals surface area contributed by atoms with Crippen LogP contribution in [0.5, 0.6) is 5.75 Å². The van der Waals surface area contributed by atoms with E-state index in [1.807, 2.05) is 46.2 Å². The third-order valence-electron chi connectivity index (χ3n) is 10.9. The number of aryl methyl sites for hydroxylation is 1. The summed E-state index contributed by atoms with van der Waals surface area (Å²) in [5.74, 6) is 1.80. The smallest absolute Gasteiger partial charge is 0.337 e. The number of carboxylic acid groups (broad SMARTS) is 1. The lowest BCUT2D eigenvalue weighted by atomic mass is 9.84. The van der Waals surface area contributed by atoms with Crippen LogP contribution >= 0.6 is 11.3 Å². The second kappa shape index (κ2) is 14.4. The largest absolute Gasteiger partial charge is 0.493 e. The maximum absolute atomic E-state index is 13.0. The van der Waals surface area contributed by atoms with E-state index in [1.54, 1.807) is 11.3 Å². The zero-order valence-corrected chi connectivity index (χ0v) is 32.1. The van der Waals surface area contributed by atoms with Gasteiger partial charge in [-0.1, -0.05) is 32.3 Å². The number of hydrogen-bond donors (Lipinski definition) is 1. The average Bonchev–Trinajstić information content (AvgIpc) is 3.51. The van der Waals surface area contributed by atoms with E-state index < -0.39 is 17.7 Å². The van der Waals surface area contributed by atoms with Crippen molar-refractivity contribution in [2.24, 2.45) is 5.92 Å². The van der Waals surface area contributed by atoms with Crippen molar-refractivity contribution in [3.05, 3.63) is 53.3 Å². The van der Waals surface area contributed by atoms with E-state index in [0.717, 1.165) is 101 Å². The quantitative estimate of drug-likeness (QED) is 0.222. The van der Waals surface area contributed by atoms with E-state index in [9.17, 15) is 9.90 Å². The molecule has 0 saturated carbocycles. The third kappa shape index (κ3) is 7.50. The minimum atomic E-state index is -1.16. The van der Waals surface area contributed by atoms with Crippen molar-refractivity contribution < 1.29 is 19.4 Å². The average molecular weight is 712 g/mol. The normalized spacial score (nSPS) is 22.2. The van der Waals surface area contributed by atoms with Gasteiger partial charge in [-0.15, -0.1) is 11.3 Å². The van der Waals surface area contributed by atoms with Gasteiger partial charge in [-0.3, -0.25) is 9.88 Å². The van der Waals surface area contributed by atoms with Crippen molar-refractivity contribution in [1.82, 2.24) is 19.9 Å². The molecule has 6 bridgehead atoms. The molecule has 4 aromatic rings. The number of piperazine rings is 1. The van der Waals surface area contributed by atoms with Gasteiger partial charge in [0.25, 0.3) is 0 Å². The summed E-state index contributed by atoms with van der Waals surface area (Å²) < 4.78 is 13.5. The number of nitrogens with zero attached hydrogens (tertiary/aromatic N) is 5. The molecule has 9 nitrogen and oxygen atoms in total. The van der Waals surface area contributed by atoms with Crippen LogP contribution in [-0.2, 0) is 9.53 Å². The number of fused-ring (bicyclic) bond motifs is 8. The summed E-state index contributed by atoms with van der Waals surface area (Å²) in [6.07, 6.45) is 9.32. The van der Waals surface area contributed by atoms with Gasteiger partial charge in [-0.25, -0.2) is 14.8 Å².